The maximum atomic E-state index is 14.8. The molecular formula is C49H55NO19S. The molecule has 0 aromatic heterocycles. The highest BCUT2D eigenvalue weighted by Gasteiger charge is 2.67. The monoisotopic (exact) mass is 993 g/mol. The van der Waals surface area contributed by atoms with Gasteiger partial charge in [0.1, 0.15) is 54.2 Å². The maximum absolute atomic E-state index is 14.8. The van der Waals surface area contributed by atoms with Gasteiger partial charge < -0.3 is 56.8 Å². The molecule has 376 valence electrons. The molecule has 0 saturated carbocycles. The molecule has 0 spiro atoms. The van der Waals surface area contributed by atoms with Crippen molar-refractivity contribution in [3.63, 3.8) is 0 Å². The van der Waals surface area contributed by atoms with Crippen LogP contribution in [0.25, 0.3) is 0 Å². The van der Waals surface area contributed by atoms with Crippen molar-refractivity contribution < 1.29 is 90.4 Å². The van der Waals surface area contributed by atoms with Crippen molar-refractivity contribution in [2.75, 3.05) is 20.3 Å². The number of hydrogen-bond donors (Lipinski definition) is 0. The number of hydrogen-bond acceptors (Lipinski definition) is 20. The lowest BCUT2D eigenvalue weighted by Gasteiger charge is -2.52. The second-order valence-corrected chi connectivity index (χ2v) is 19.0. The van der Waals surface area contributed by atoms with Crippen molar-refractivity contribution in [1.82, 2.24) is 4.90 Å². The van der Waals surface area contributed by atoms with Gasteiger partial charge in [0.15, 0.2) is 24.6 Å². The fraction of sp³-hybridized carbons (Fsp3) is 0.490. The Balaban J connectivity index is 1.40. The molecule has 70 heavy (non-hydrogen) atoms. The summed E-state index contributed by atoms with van der Waals surface area (Å²) in [5.41, 5.74) is -0.543. The molecule has 4 heterocycles. The molecule has 12 atom stereocenters. The average molecular weight is 994 g/mol. The second-order valence-electron chi connectivity index (χ2n) is 17.8. The molecule has 4 aliphatic heterocycles. The number of rotatable bonds is 14. The molecule has 2 amide bonds. The van der Waals surface area contributed by atoms with E-state index in [9.17, 15) is 33.6 Å². The fourth-order valence-electron chi connectivity index (χ4n) is 8.42. The van der Waals surface area contributed by atoms with Crippen molar-refractivity contribution in [2.45, 2.75) is 138 Å². The molecule has 0 bridgehead atoms. The highest BCUT2D eigenvalue weighted by atomic mass is 32.2. The first kappa shape index (κ1) is 51.7. The van der Waals surface area contributed by atoms with Crippen LogP contribution in [-0.2, 0) is 76.0 Å². The molecule has 0 aliphatic carbocycles. The number of amides is 2. The largest absolute Gasteiger partial charge is 0.465 e. The van der Waals surface area contributed by atoms with E-state index in [-0.39, 0.29) is 12.2 Å². The van der Waals surface area contributed by atoms with E-state index >= 15 is 0 Å². The molecule has 21 heteroatoms. The van der Waals surface area contributed by atoms with Crippen LogP contribution in [0, 0.1) is 6.92 Å². The lowest BCUT2D eigenvalue weighted by atomic mass is 9.87. The second kappa shape index (κ2) is 21.9. The van der Waals surface area contributed by atoms with Gasteiger partial charge in [0, 0.05) is 31.2 Å². The number of benzene rings is 3. The van der Waals surface area contributed by atoms with Crippen LogP contribution in [0.1, 0.15) is 75.7 Å². The van der Waals surface area contributed by atoms with Crippen molar-refractivity contribution in [2.24, 2.45) is 0 Å². The third kappa shape index (κ3) is 12.1. The zero-order chi connectivity index (χ0) is 50.5. The molecule has 1 unspecified atom stereocenters. The number of carbonyl (C=O) groups is 7. The number of esters is 5. The fourth-order valence-corrected chi connectivity index (χ4v) is 9.52. The van der Waals surface area contributed by atoms with Gasteiger partial charge in [-0.1, -0.05) is 78.0 Å². The molecule has 0 N–H and O–H groups in total. The van der Waals surface area contributed by atoms with Gasteiger partial charge in [-0.3, -0.25) is 14.4 Å². The molecule has 4 aliphatic rings. The quantitative estimate of drug-likeness (QED) is 0.138. The third-order valence-electron chi connectivity index (χ3n) is 11.3. The molecule has 4 fully saturated rings. The van der Waals surface area contributed by atoms with Crippen LogP contribution >= 0.6 is 11.8 Å². The third-order valence-corrected chi connectivity index (χ3v) is 12.5. The highest BCUT2D eigenvalue weighted by Crippen LogP contribution is 2.47. The number of aryl methyl sites for hydroxylation is 1. The van der Waals surface area contributed by atoms with Gasteiger partial charge in [-0.2, -0.15) is 0 Å². The summed E-state index contributed by atoms with van der Waals surface area (Å²) in [7, 11) is 1.03. The number of fused-ring (bicyclic) bond motifs is 2. The summed E-state index contributed by atoms with van der Waals surface area (Å²) in [6.45, 7) is 8.88. The van der Waals surface area contributed by atoms with Crippen LogP contribution in [0.2, 0.25) is 0 Å². The van der Waals surface area contributed by atoms with E-state index in [4.69, 9.17) is 56.8 Å². The van der Waals surface area contributed by atoms with Crippen molar-refractivity contribution in [3.8, 4) is 0 Å². The van der Waals surface area contributed by atoms with E-state index in [2.05, 4.69) is 0 Å². The maximum Gasteiger partial charge on any atom is 0.420 e. The molecule has 4 saturated heterocycles. The van der Waals surface area contributed by atoms with Gasteiger partial charge in [0.25, 0.3) is 5.79 Å². The van der Waals surface area contributed by atoms with Crippen molar-refractivity contribution >= 4 is 53.8 Å². The first-order chi connectivity index (χ1) is 33.2. The first-order valence-corrected chi connectivity index (χ1v) is 23.2. The number of methoxy groups -OCH3 is 1. The zero-order valence-corrected chi connectivity index (χ0v) is 40.5. The number of imide groups is 1. The number of ether oxygens (including phenoxy) is 12. The Bertz CT molecular complexity index is 2380. The van der Waals surface area contributed by atoms with Gasteiger partial charge in [0.05, 0.1) is 25.7 Å². The Hall–Kier alpha value is -6.10. The van der Waals surface area contributed by atoms with E-state index in [1.165, 1.54) is 11.8 Å². The molecular weight excluding hydrogens is 939 g/mol. The molecule has 0 radical (unpaired) electrons. The summed E-state index contributed by atoms with van der Waals surface area (Å²) in [6.07, 6.45) is -16.6. The Labute approximate surface area is 407 Å². The minimum Gasteiger partial charge on any atom is -0.465 e. The Morgan fingerprint density at radius 1 is 0.829 bits per heavy atom. The van der Waals surface area contributed by atoms with E-state index < -0.39 is 133 Å². The number of nitrogens with zero attached hydrogens (tertiary/aromatic N) is 1. The predicted octanol–water partition coefficient (Wildman–Crippen LogP) is 5.75. The van der Waals surface area contributed by atoms with Crippen LogP contribution in [0.4, 0.5) is 9.59 Å². The zero-order valence-electron chi connectivity index (χ0n) is 39.7. The van der Waals surface area contributed by atoms with Crippen LogP contribution in [0.15, 0.2) is 89.8 Å². The van der Waals surface area contributed by atoms with Gasteiger partial charge in [-0.15, -0.1) is 0 Å². The van der Waals surface area contributed by atoms with Gasteiger partial charge in [-0.25, -0.2) is 24.1 Å². The van der Waals surface area contributed by atoms with E-state index in [1.54, 1.807) is 75.4 Å². The summed E-state index contributed by atoms with van der Waals surface area (Å²) in [4.78, 5) is 96.3. The summed E-state index contributed by atoms with van der Waals surface area (Å²) in [6, 6.07) is 22.9. The van der Waals surface area contributed by atoms with Crippen LogP contribution in [0.3, 0.4) is 0 Å². The van der Waals surface area contributed by atoms with E-state index in [0.29, 0.717) is 15.4 Å². The molecule has 3 aromatic carbocycles. The van der Waals surface area contributed by atoms with Crippen LogP contribution in [0.5, 0.6) is 0 Å². The number of carbonyl (C=O) groups excluding carboxylic acids is 7. The van der Waals surface area contributed by atoms with Crippen molar-refractivity contribution in [3.05, 3.63) is 102 Å². The summed E-state index contributed by atoms with van der Waals surface area (Å²) in [5.74, 6) is -7.54. The minimum atomic E-state index is -2.75. The normalized spacial score (nSPS) is 28.1. The standard InChI is InChI=1S/C49H55NO19S/c1-26-19-21-32(22-20-26)70-44-41(65-42(54)30-15-11-9-12-16-30)40(38-35(63-44)25-60-43(66-38)31-17-13-10-14-18-31)68-49(45(55)58-8)23-33-36(50(46(56)64-33)47(57)69-48(5,6)7)39(67-49)37(62-29(4)53)34(61-28(3)52)24-59-27(2)51/h9-22,33-41,43-44H,23-25H2,1-8H3/t33-,34+,35+,36+,37+,38-,39+,40-,41+,43?,44-,49-/m0/s1. The van der Waals surface area contributed by atoms with Crippen LogP contribution < -0.4 is 0 Å². The Morgan fingerprint density at radius 2 is 1.49 bits per heavy atom. The topological polar surface area (TPSA) is 233 Å². The summed E-state index contributed by atoms with van der Waals surface area (Å²) in [5, 5.41) is 0. The lowest BCUT2D eigenvalue weighted by Crippen LogP contribution is -2.70. The summed E-state index contributed by atoms with van der Waals surface area (Å²) >= 11 is 1.18. The van der Waals surface area contributed by atoms with Gasteiger partial charge in [0.2, 0.25) is 0 Å². The average Bonchev–Trinajstić information content (AvgIpc) is 3.65. The van der Waals surface area contributed by atoms with E-state index in [0.717, 1.165) is 33.4 Å². The molecule has 3 aromatic rings. The molecule has 7 rings (SSSR count). The Morgan fingerprint density at radius 3 is 2.10 bits per heavy atom. The number of thioether (sulfide) groups is 1. The Kier molecular flexibility index (Phi) is 16.2. The SMILES string of the molecule is COC(=O)[C@@]1(O[C@H]2[C@H]3OC(c4ccccc4)OC[C@H]3O[C@@H](Sc3ccc(C)cc3)[C@@H]2OC(=O)c2ccccc2)C[C@@H]2OC(=O)N(C(=O)OC(C)(C)C)[C@H]2[C@H]([C@H](OC(C)=O)[C@@H](COC(C)=O)OC(C)=O)O1. The predicted molar refractivity (Wildman–Crippen MR) is 240 cm³/mol. The van der Waals surface area contributed by atoms with Gasteiger partial charge >= 0.3 is 42.0 Å². The first-order valence-electron chi connectivity index (χ1n) is 22.4. The molecule has 20 nitrogen and oxygen atoms in total. The van der Waals surface area contributed by atoms with Crippen molar-refractivity contribution in [1.29, 1.82) is 0 Å². The summed E-state index contributed by atoms with van der Waals surface area (Å²) < 4.78 is 73.2. The smallest absolute Gasteiger partial charge is 0.420 e. The van der Waals surface area contributed by atoms with E-state index in [1.807, 2.05) is 37.3 Å². The lowest BCUT2D eigenvalue weighted by molar-refractivity contribution is -0.374. The minimum absolute atomic E-state index is 0.0923. The van der Waals surface area contributed by atoms with Crippen LogP contribution in [-0.4, -0.2) is 139 Å². The highest BCUT2D eigenvalue weighted by molar-refractivity contribution is 7.99. The van der Waals surface area contributed by atoms with Gasteiger partial charge in [-0.05, 0) is 52.0 Å².